The van der Waals surface area contributed by atoms with Gasteiger partial charge in [-0.3, -0.25) is 18.2 Å². The largest absolute Gasteiger partial charge is 0.497 e. The van der Waals surface area contributed by atoms with Gasteiger partial charge in [-0.2, -0.15) is 0 Å². The molecule has 0 aliphatic rings. The maximum atomic E-state index is 12.5. The SMILES string of the molecule is COc1ccc(S(O)(O)c2ccc(S(O)(O)c3ccc(OC)cc3)[n+](=O)[nH]2)cc1. The zero-order valence-corrected chi connectivity index (χ0v) is 17.2. The van der Waals surface area contributed by atoms with Crippen molar-refractivity contribution in [1.29, 1.82) is 0 Å². The number of hydrogen-bond donors (Lipinski definition) is 5. The second kappa shape index (κ2) is 8.06. The molecule has 0 radical (unpaired) electrons. The number of aromatic amines is 1. The predicted molar refractivity (Wildman–Crippen MR) is 109 cm³/mol. The summed E-state index contributed by atoms with van der Waals surface area (Å²) in [7, 11) is -4.20. The highest BCUT2D eigenvalue weighted by molar-refractivity contribution is 8.24. The Hall–Kier alpha value is -2.54. The maximum absolute atomic E-state index is 12.5. The van der Waals surface area contributed by atoms with E-state index in [9.17, 15) is 23.1 Å². The summed E-state index contributed by atoms with van der Waals surface area (Å²) in [6.45, 7) is 0. The Balaban J connectivity index is 1.97. The number of benzene rings is 2. The minimum atomic E-state index is -3.64. The van der Waals surface area contributed by atoms with E-state index in [0.29, 0.717) is 11.5 Å². The molecule has 0 aliphatic carbocycles. The van der Waals surface area contributed by atoms with E-state index in [0.717, 1.165) is 6.07 Å². The lowest BCUT2D eigenvalue weighted by Crippen LogP contribution is -2.28. The van der Waals surface area contributed by atoms with Crippen LogP contribution >= 0.6 is 21.2 Å². The third-order valence-corrected chi connectivity index (χ3v) is 7.75. The summed E-state index contributed by atoms with van der Waals surface area (Å²) < 4.78 is 52.6. The highest BCUT2D eigenvalue weighted by Crippen LogP contribution is 2.56. The van der Waals surface area contributed by atoms with E-state index in [1.165, 1.54) is 56.7 Å². The number of nitrogens with one attached hydrogen (secondary N) is 1. The molecule has 0 amide bonds. The number of hydrogen-bond acceptors (Lipinski definition) is 7. The fraction of sp³-hybridized carbons (Fsp3) is 0.111. The molecule has 0 aliphatic heterocycles. The normalized spacial score (nSPS) is 13.0. The van der Waals surface area contributed by atoms with Gasteiger partial charge in [0.25, 0.3) is 0 Å². The third kappa shape index (κ3) is 4.10. The standard InChI is InChI=1S/C18H20N2O7S2/c1-26-13-3-7-15(8-4-13)28(22,23)17-11-12-18(20(21)19-17)29(24,25)16-9-5-14(27-2)6-10-16/h3-12H,1-2H3,(H4-,19,21,22,23,24,25)/p+1. The van der Waals surface area contributed by atoms with Gasteiger partial charge < -0.3 is 9.47 Å². The van der Waals surface area contributed by atoms with E-state index >= 15 is 0 Å². The Morgan fingerprint density at radius 1 is 0.724 bits per heavy atom. The van der Waals surface area contributed by atoms with Crippen LogP contribution in [0.4, 0.5) is 0 Å². The molecule has 0 saturated heterocycles. The molecule has 0 fully saturated rings. The average Bonchev–Trinajstić information content (AvgIpc) is 2.73. The third-order valence-electron chi connectivity index (χ3n) is 4.16. The maximum Gasteiger partial charge on any atom is 0.384 e. The Kier molecular flexibility index (Phi) is 5.89. The van der Waals surface area contributed by atoms with Gasteiger partial charge in [-0.05, 0) is 54.6 Å². The van der Waals surface area contributed by atoms with E-state index < -0.39 is 21.2 Å². The highest BCUT2D eigenvalue weighted by atomic mass is 32.3. The molecule has 3 aromatic rings. The Morgan fingerprint density at radius 2 is 1.17 bits per heavy atom. The minimum absolute atomic E-state index is 0.116. The molecule has 2 aromatic carbocycles. The van der Waals surface area contributed by atoms with Crippen LogP contribution in [0.3, 0.4) is 0 Å². The van der Waals surface area contributed by atoms with Crippen molar-refractivity contribution in [2.45, 2.75) is 19.8 Å². The molecular weight excluding hydrogens is 420 g/mol. The first-order valence-electron chi connectivity index (χ1n) is 8.20. The molecule has 0 unspecified atom stereocenters. The number of H-pyrrole nitrogens is 1. The van der Waals surface area contributed by atoms with E-state index in [1.807, 2.05) is 0 Å². The van der Waals surface area contributed by atoms with Crippen LogP contribution in [0.5, 0.6) is 11.5 Å². The van der Waals surface area contributed by atoms with Crippen LogP contribution < -0.4 is 14.0 Å². The van der Waals surface area contributed by atoms with Crippen molar-refractivity contribution < 1.29 is 32.2 Å². The first-order valence-corrected chi connectivity index (χ1v) is 11.3. The minimum Gasteiger partial charge on any atom is -0.497 e. The van der Waals surface area contributed by atoms with E-state index in [4.69, 9.17) is 9.47 Å². The van der Waals surface area contributed by atoms with Gasteiger partial charge in [0.2, 0.25) is 0 Å². The molecule has 0 spiro atoms. The van der Waals surface area contributed by atoms with E-state index in [-0.39, 0.29) is 24.4 Å². The summed E-state index contributed by atoms with van der Waals surface area (Å²) in [5, 5.41) is 1.75. The molecule has 9 nitrogen and oxygen atoms in total. The molecule has 29 heavy (non-hydrogen) atoms. The van der Waals surface area contributed by atoms with Gasteiger partial charge in [0.05, 0.1) is 28.9 Å². The lowest BCUT2D eigenvalue weighted by atomic mass is 10.3. The van der Waals surface area contributed by atoms with Crippen molar-refractivity contribution in [3.05, 3.63) is 65.6 Å². The molecule has 156 valence electrons. The van der Waals surface area contributed by atoms with Crippen molar-refractivity contribution in [3.8, 4) is 11.5 Å². The summed E-state index contributed by atoms with van der Waals surface area (Å²) in [5.41, 5.74) is 0. The fourth-order valence-electron chi connectivity index (χ4n) is 2.55. The van der Waals surface area contributed by atoms with Gasteiger partial charge in [0, 0.05) is 6.07 Å². The van der Waals surface area contributed by atoms with Gasteiger partial charge in [-0.25, -0.2) is 0 Å². The molecule has 0 bridgehead atoms. The van der Waals surface area contributed by atoms with Gasteiger partial charge in [0.1, 0.15) is 11.5 Å². The Morgan fingerprint density at radius 3 is 1.59 bits per heavy atom. The molecule has 5 N–H and O–H groups in total. The highest BCUT2D eigenvalue weighted by Gasteiger charge is 2.32. The smallest absolute Gasteiger partial charge is 0.384 e. The van der Waals surface area contributed by atoms with Crippen molar-refractivity contribution in [2.75, 3.05) is 14.2 Å². The summed E-state index contributed by atoms with van der Waals surface area (Å²) in [6, 6.07) is 14.4. The molecule has 1 heterocycles. The average molecular weight is 442 g/mol. The topological polar surface area (TPSA) is 138 Å². The first-order chi connectivity index (χ1) is 13.7. The summed E-state index contributed by atoms with van der Waals surface area (Å²) in [4.78, 5) is 12.8. The van der Waals surface area contributed by atoms with Crippen LogP contribution in [0.1, 0.15) is 0 Å². The van der Waals surface area contributed by atoms with E-state index in [1.54, 1.807) is 12.1 Å². The Labute approximate surface area is 169 Å². The Bertz CT molecular complexity index is 1050. The van der Waals surface area contributed by atoms with Crippen molar-refractivity contribution in [3.63, 3.8) is 0 Å². The summed E-state index contributed by atoms with van der Waals surface area (Å²) >= 11 is 0. The predicted octanol–water partition coefficient (Wildman–Crippen LogP) is 4.28. The number of ether oxygens (including phenoxy) is 2. The van der Waals surface area contributed by atoms with Gasteiger partial charge >= 0.3 is 5.03 Å². The molecule has 1 aromatic heterocycles. The van der Waals surface area contributed by atoms with Crippen molar-refractivity contribution >= 4 is 21.2 Å². The second-order valence-electron chi connectivity index (χ2n) is 5.89. The number of aromatic nitrogens is 2. The summed E-state index contributed by atoms with van der Waals surface area (Å²) in [6.07, 6.45) is 0. The quantitative estimate of drug-likeness (QED) is 0.360. The number of methoxy groups -OCH3 is 2. The zero-order valence-electron chi connectivity index (χ0n) is 15.6. The van der Waals surface area contributed by atoms with Crippen molar-refractivity contribution in [2.24, 2.45) is 0 Å². The van der Waals surface area contributed by atoms with Gasteiger partial charge in [0.15, 0.2) is 9.57 Å². The second-order valence-corrected chi connectivity index (χ2v) is 9.89. The van der Waals surface area contributed by atoms with Crippen LogP contribution in [-0.2, 0) is 0 Å². The lowest BCUT2D eigenvalue weighted by Gasteiger charge is -2.31. The summed E-state index contributed by atoms with van der Waals surface area (Å²) in [5.74, 6) is 1.06. The molecule has 0 atom stereocenters. The fourth-order valence-corrected chi connectivity index (χ4v) is 5.08. The molecular formula is C18H21N2O7S2+. The van der Waals surface area contributed by atoms with Crippen molar-refractivity contribution in [1.82, 2.24) is 5.10 Å². The molecule has 3 rings (SSSR count). The van der Waals surface area contributed by atoms with Crippen LogP contribution in [-0.4, -0.2) is 37.5 Å². The van der Waals surface area contributed by atoms with Crippen LogP contribution in [0.25, 0.3) is 0 Å². The van der Waals surface area contributed by atoms with Crippen LogP contribution in [0.2, 0.25) is 0 Å². The molecule has 0 saturated carbocycles. The molecule has 11 heteroatoms. The zero-order chi connectivity index (χ0) is 21.2. The van der Waals surface area contributed by atoms with Gasteiger partial charge in [-0.1, -0.05) is 15.7 Å². The lowest BCUT2D eigenvalue weighted by molar-refractivity contribution is -0.610. The monoisotopic (exact) mass is 441 g/mol. The van der Waals surface area contributed by atoms with E-state index in [2.05, 4.69) is 5.10 Å². The van der Waals surface area contributed by atoms with Crippen LogP contribution in [0, 0.1) is 4.91 Å². The first kappa shape index (κ1) is 21.2. The van der Waals surface area contributed by atoms with Crippen LogP contribution in [0.15, 0.2) is 80.5 Å². The number of rotatable bonds is 6. The number of nitrogens with zero attached hydrogens (tertiary/aromatic N) is 1. The van der Waals surface area contributed by atoms with Gasteiger partial charge in [-0.15, -0.1) is 10.6 Å².